The minimum absolute atomic E-state index is 0.122. The summed E-state index contributed by atoms with van der Waals surface area (Å²) in [6, 6.07) is 4.65. The van der Waals surface area contributed by atoms with Crippen LogP contribution in [0.25, 0.3) is 11.4 Å². The molecule has 1 aliphatic rings. The van der Waals surface area contributed by atoms with Gasteiger partial charge in [-0.25, -0.2) is 0 Å². The van der Waals surface area contributed by atoms with Crippen molar-refractivity contribution in [1.29, 1.82) is 0 Å². The van der Waals surface area contributed by atoms with E-state index in [1.807, 2.05) is 4.90 Å². The summed E-state index contributed by atoms with van der Waals surface area (Å²) in [4.78, 5) is 19.0. The minimum atomic E-state index is -4.38. The minimum Gasteiger partial charge on any atom is -0.342 e. The second kappa shape index (κ2) is 9.41. The molecule has 1 heterocycles. The van der Waals surface area contributed by atoms with Crippen LogP contribution in [0, 0.1) is 5.92 Å². The number of alkyl halides is 3. The predicted octanol–water partition coefficient (Wildman–Crippen LogP) is 5.12. The first-order valence-electron chi connectivity index (χ1n) is 10.2. The van der Waals surface area contributed by atoms with Crippen LogP contribution in [-0.2, 0) is 17.4 Å². The van der Waals surface area contributed by atoms with Crippen molar-refractivity contribution in [2.24, 2.45) is 5.92 Å². The number of carbonyl (C=O) groups is 1. The first-order chi connectivity index (χ1) is 13.9. The maximum atomic E-state index is 12.8. The highest BCUT2D eigenvalue weighted by molar-refractivity contribution is 5.79. The van der Waals surface area contributed by atoms with Crippen molar-refractivity contribution < 1.29 is 22.5 Å². The van der Waals surface area contributed by atoms with Gasteiger partial charge in [-0.05, 0) is 31.4 Å². The predicted molar refractivity (Wildman–Crippen MR) is 102 cm³/mol. The van der Waals surface area contributed by atoms with E-state index in [2.05, 4.69) is 17.1 Å². The molecular weight excluding hydrogens is 383 g/mol. The van der Waals surface area contributed by atoms with Gasteiger partial charge in [-0.3, -0.25) is 4.79 Å². The zero-order valence-corrected chi connectivity index (χ0v) is 16.5. The Morgan fingerprint density at radius 2 is 1.86 bits per heavy atom. The number of carbonyl (C=O) groups excluding carboxylic acids is 1. The van der Waals surface area contributed by atoms with Gasteiger partial charge in [0.15, 0.2) is 0 Å². The summed E-state index contributed by atoms with van der Waals surface area (Å²) in [5.41, 5.74) is -0.264. The topological polar surface area (TPSA) is 59.2 Å². The number of amides is 1. The van der Waals surface area contributed by atoms with Gasteiger partial charge < -0.3 is 9.42 Å². The molecule has 0 spiro atoms. The molecule has 1 aromatic heterocycles. The summed E-state index contributed by atoms with van der Waals surface area (Å²) in [5.74, 6) is 0.951. The maximum Gasteiger partial charge on any atom is 0.416 e. The molecule has 0 unspecified atom stereocenters. The zero-order chi connectivity index (χ0) is 20.9. The third kappa shape index (κ3) is 5.58. The van der Waals surface area contributed by atoms with Gasteiger partial charge in [-0.2, -0.15) is 18.2 Å². The fraction of sp³-hybridized carbons (Fsp3) is 0.571. The fourth-order valence-corrected chi connectivity index (χ4v) is 3.62. The van der Waals surface area contributed by atoms with Crippen LogP contribution in [0.1, 0.15) is 56.9 Å². The Hall–Kier alpha value is -2.38. The number of hydrogen-bond donors (Lipinski definition) is 0. The molecule has 0 atom stereocenters. The van der Waals surface area contributed by atoms with Crippen molar-refractivity contribution in [2.75, 3.05) is 13.1 Å². The molecule has 1 aromatic carbocycles. The smallest absolute Gasteiger partial charge is 0.342 e. The Kier molecular flexibility index (Phi) is 6.92. The average Bonchev–Trinajstić information content (AvgIpc) is 3.39. The van der Waals surface area contributed by atoms with Crippen LogP contribution in [0.4, 0.5) is 13.2 Å². The van der Waals surface area contributed by atoms with Crippen LogP contribution in [0.3, 0.4) is 0 Å². The third-order valence-electron chi connectivity index (χ3n) is 5.33. The molecule has 0 aliphatic heterocycles. The molecule has 1 fully saturated rings. The average molecular weight is 409 g/mol. The van der Waals surface area contributed by atoms with Crippen molar-refractivity contribution in [1.82, 2.24) is 15.0 Å². The lowest BCUT2D eigenvalue weighted by Gasteiger charge is -2.25. The Bertz CT molecular complexity index is 796. The van der Waals surface area contributed by atoms with Crippen LogP contribution in [0.2, 0.25) is 0 Å². The van der Waals surface area contributed by atoms with Crippen LogP contribution in [0.5, 0.6) is 0 Å². The number of aromatic nitrogens is 2. The molecule has 0 N–H and O–H groups in total. The number of hydrogen-bond acceptors (Lipinski definition) is 4. The summed E-state index contributed by atoms with van der Waals surface area (Å²) in [6.45, 7) is 3.31. The maximum absolute atomic E-state index is 12.8. The van der Waals surface area contributed by atoms with Crippen LogP contribution in [0.15, 0.2) is 28.8 Å². The molecular formula is C21H26F3N3O2. The van der Waals surface area contributed by atoms with E-state index in [1.165, 1.54) is 12.1 Å². The lowest BCUT2D eigenvalue weighted by Crippen LogP contribution is -2.37. The van der Waals surface area contributed by atoms with E-state index in [0.29, 0.717) is 31.0 Å². The Labute approximate surface area is 168 Å². The van der Waals surface area contributed by atoms with Crippen molar-refractivity contribution >= 4 is 5.91 Å². The van der Waals surface area contributed by atoms with Gasteiger partial charge in [0, 0.05) is 31.0 Å². The number of halogens is 3. The van der Waals surface area contributed by atoms with E-state index in [9.17, 15) is 18.0 Å². The molecule has 158 valence electrons. The van der Waals surface area contributed by atoms with E-state index < -0.39 is 11.7 Å². The van der Waals surface area contributed by atoms with Crippen LogP contribution in [-0.4, -0.2) is 34.0 Å². The van der Waals surface area contributed by atoms with Crippen molar-refractivity contribution in [3.05, 3.63) is 35.7 Å². The monoisotopic (exact) mass is 409 g/mol. The van der Waals surface area contributed by atoms with Crippen molar-refractivity contribution in [2.45, 2.75) is 58.0 Å². The second-order valence-electron chi connectivity index (χ2n) is 7.50. The van der Waals surface area contributed by atoms with Crippen LogP contribution < -0.4 is 0 Å². The van der Waals surface area contributed by atoms with Gasteiger partial charge in [-0.15, -0.1) is 0 Å². The van der Waals surface area contributed by atoms with E-state index in [4.69, 9.17) is 4.52 Å². The molecule has 0 radical (unpaired) electrons. The SMILES string of the molecule is CCCCN(CCc1nc(-c2ccc(C(F)(F)F)cc2)no1)C(=O)C1CCCC1. The number of nitrogens with zero attached hydrogens (tertiary/aromatic N) is 3. The van der Waals surface area contributed by atoms with Crippen LogP contribution >= 0.6 is 0 Å². The van der Waals surface area contributed by atoms with E-state index in [0.717, 1.165) is 50.7 Å². The molecule has 2 aromatic rings. The Balaban J connectivity index is 1.62. The van der Waals surface area contributed by atoms with Gasteiger partial charge in [0.05, 0.1) is 5.56 Å². The summed E-state index contributed by atoms with van der Waals surface area (Å²) in [6.07, 6.45) is 2.13. The molecule has 29 heavy (non-hydrogen) atoms. The number of benzene rings is 1. The molecule has 3 rings (SSSR count). The second-order valence-corrected chi connectivity index (χ2v) is 7.50. The van der Waals surface area contributed by atoms with Gasteiger partial charge >= 0.3 is 6.18 Å². The first kappa shape index (κ1) is 21.3. The standard InChI is InChI=1S/C21H26F3N3O2/c1-2-3-13-27(20(28)16-6-4-5-7-16)14-12-18-25-19(26-29-18)15-8-10-17(11-9-15)21(22,23)24/h8-11,16H,2-7,12-14H2,1H3. The summed E-state index contributed by atoms with van der Waals surface area (Å²) in [5, 5.41) is 3.87. The lowest BCUT2D eigenvalue weighted by atomic mass is 10.1. The summed E-state index contributed by atoms with van der Waals surface area (Å²) < 4.78 is 43.3. The molecule has 0 bridgehead atoms. The molecule has 8 heteroatoms. The Morgan fingerprint density at radius 3 is 2.48 bits per heavy atom. The highest BCUT2D eigenvalue weighted by atomic mass is 19.4. The molecule has 1 aliphatic carbocycles. The first-order valence-corrected chi connectivity index (χ1v) is 10.2. The highest BCUT2D eigenvalue weighted by Gasteiger charge is 2.30. The number of rotatable bonds is 8. The number of unbranched alkanes of at least 4 members (excludes halogenated alkanes) is 1. The lowest BCUT2D eigenvalue weighted by molar-refractivity contribution is -0.137. The quantitative estimate of drug-likeness (QED) is 0.607. The van der Waals surface area contributed by atoms with Crippen molar-refractivity contribution in [3.63, 3.8) is 0 Å². The van der Waals surface area contributed by atoms with Gasteiger partial charge in [0.2, 0.25) is 17.6 Å². The van der Waals surface area contributed by atoms with E-state index in [-0.39, 0.29) is 17.6 Å². The molecule has 1 saturated carbocycles. The summed E-state index contributed by atoms with van der Waals surface area (Å²) in [7, 11) is 0. The van der Waals surface area contributed by atoms with Gasteiger partial charge in [-0.1, -0.05) is 43.5 Å². The van der Waals surface area contributed by atoms with E-state index >= 15 is 0 Å². The normalized spacial score (nSPS) is 15.0. The van der Waals surface area contributed by atoms with Gasteiger partial charge in [0.25, 0.3) is 0 Å². The Morgan fingerprint density at radius 1 is 1.17 bits per heavy atom. The molecule has 5 nitrogen and oxygen atoms in total. The van der Waals surface area contributed by atoms with E-state index in [1.54, 1.807) is 0 Å². The fourth-order valence-electron chi connectivity index (χ4n) is 3.62. The molecule has 1 amide bonds. The van der Waals surface area contributed by atoms with Gasteiger partial charge in [0.1, 0.15) is 0 Å². The highest BCUT2D eigenvalue weighted by Crippen LogP contribution is 2.30. The summed E-state index contributed by atoms with van der Waals surface area (Å²) >= 11 is 0. The molecule has 0 saturated heterocycles. The largest absolute Gasteiger partial charge is 0.416 e. The van der Waals surface area contributed by atoms with Crippen molar-refractivity contribution in [3.8, 4) is 11.4 Å². The zero-order valence-electron chi connectivity index (χ0n) is 16.5. The third-order valence-corrected chi connectivity index (χ3v) is 5.33.